The Morgan fingerprint density at radius 2 is 1.88 bits per heavy atom. The monoisotopic (exact) mass is 352 g/mol. The Morgan fingerprint density at radius 3 is 2.58 bits per heavy atom. The molecule has 2 heterocycles. The summed E-state index contributed by atoms with van der Waals surface area (Å²) >= 11 is 0. The van der Waals surface area contributed by atoms with Crippen molar-refractivity contribution in [2.24, 2.45) is 5.92 Å². The molecule has 1 aromatic carbocycles. The molecule has 0 amide bonds. The molecule has 6 heteroatoms. The molecule has 2 aliphatic heterocycles. The molecular formula is C18H28N2O3S. The van der Waals surface area contributed by atoms with Crippen LogP contribution in [0, 0.1) is 5.92 Å². The number of ether oxygens (including phenoxy) is 1. The molecule has 0 saturated carbocycles. The molecule has 2 fully saturated rings. The van der Waals surface area contributed by atoms with Crippen LogP contribution >= 0.6 is 0 Å². The Labute approximate surface area is 145 Å². The van der Waals surface area contributed by atoms with Crippen molar-refractivity contribution in [2.75, 3.05) is 19.7 Å². The van der Waals surface area contributed by atoms with E-state index in [4.69, 9.17) is 4.74 Å². The number of hydrogen-bond acceptors (Lipinski definition) is 4. The minimum absolute atomic E-state index is 0.0875. The Morgan fingerprint density at radius 1 is 1.17 bits per heavy atom. The van der Waals surface area contributed by atoms with Crippen LogP contribution in [-0.4, -0.2) is 44.5 Å². The Kier molecular flexibility index (Phi) is 5.47. The van der Waals surface area contributed by atoms with Crippen LogP contribution in [-0.2, 0) is 10.0 Å². The predicted molar refractivity (Wildman–Crippen MR) is 94.7 cm³/mol. The largest absolute Gasteiger partial charge is 0.494 e. The van der Waals surface area contributed by atoms with Gasteiger partial charge in [-0.3, -0.25) is 0 Å². The molecular weight excluding hydrogens is 324 g/mol. The maximum atomic E-state index is 13.1. The Balaban J connectivity index is 1.73. The van der Waals surface area contributed by atoms with Crippen molar-refractivity contribution < 1.29 is 13.2 Å². The first-order valence-electron chi connectivity index (χ1n) is 8.95. The standard InChI is InChI=1S/C18H28N2O3S/c1-14(2)10-12-23-17-5-7-18(8-6-17)24(21,22)20-15-3-4-16(20)13-19-11-9-15/h5-8,14-16,19H,3-4,9-13H2,1-2H3. The number of hydrogen-bond donors (Lipinski definition) is 1. The fourth-order valence-corrected chi connectivity index (χ4v) is 5.47. The van der Waals surface area contributed by atoms with E-state index < -0.39 is 10.0 Å². The van der Waals surface area contributed by atoms with Gasteiger partial charge in [-0.25, -0.2) is 8.42 Å². The number of nitrogens with zero attached hydrogens (tertiary/aromatic N) is 1. The summed E-state index contributed by atoms with van der Waals surface area (Å²) in [5.41, 5.74) is 0. The quantitative estimate of drug-likeness (QED) is 0.855. The third-order valence-electron chi connectivity index (χ3n) is 4.95. The number of fused-ring (bicyclic) bond motifs is 2. The summed E-state index contributed by atoms with van der Waals surface area (Å²) in [4.78, 5) is 0.373. The van der Waals surface area contributed by atoms with Gasteiger partial charge in [-0.05, 0) is 62.4 Å². The summed E-state index contributed by atoms with van der Waals surface area (Å²) in [7, 11) is -3.43. The molecule has 2 bridgehead atoms. The highest BCUT2D eigenvalue weighted by Crippen LogP contribution is 2.34. The van der Waals surface area contributed by atoms with Crippen LogP contribution in [0.15, 0.2) is 29.2 Å². The molecule has 3 rings (SSSR count). The lowest BCUT2D eigenvalue weighted by atomic mass is 10.1. The van der Waals surface area contributed by atoms with Crippen LogP contribution in [0.3, 0.4) is 0 Å². The van der Waals surface area contributed by atoms with Crippen molar-refractivity contribution in [3.05, 3.63) is 24.3 Å². The summed E-state index contributed by atoms with van der Waals surface area (Å²) < 4.78 is 33.6. The van der Waals surface area contributed by atoms with Crippen LogP contribution in [0.2, 0.25) is 0 Å². The Bertz CT molecular complexity index is 629. The second-order valence-corrected chi connectivity index (χ2v) is 9.06. The van der Waals surface area contributed by atoms with Gasteiger partial charge in [0.25, 0.3) is 0 Å². The van der Waals surface area contributed by atoms with E-state index in [2.05, 4.69) is 19.2 Å². The third kappa shape index (κ3) is 3.76. The second-order valence-electron chi connectivity index (χ2n) is 7.22. The first-order chi connectivity index (χ1) is 11.5. The van der Waals surface area contributed by atoms with Gasteiger partial charge in [0.1, 0.15) is 5.75 Å². The lowest BCUT2D eigenvalue weighted by Crippen LogP contribution is -2.42. The van der Waals surface area contributed by atoms with E-state index in [-0.39, 0.29) is 12.1 Å². The van der Waals surface area contributed by atoms with Crippen molar-refractivity contribution in [3.8, 4) is 5.75 Å². The zero-order chi connectivity index (χ0) is 17.2. The highest BCUT2D eigenvalue weighted by molar-refractivity contribution is 7.89. The van der Waals surface area contributed by atoms with Gasteiger partial charge in [0.15, 0.2) is 0 Å². The molecule has 0 spiro atoms. The summed E-state index contributed by atoms with van der Waals surface area (Å²) in [5, 5.41) is 3.35. The van der Waals surface area contributed by atoms with Gasteiger partial charge in [-0.2, -0.15) is 4.31 Å². The Hall–Kier alpha value is -1.11. The van der Waals surface area contributed by atoms with Gasteiger partial charge in [-0.1, -0.05) is 13.8 Å². The fraction of sp³-hybridized carbons (Fsp3) is 0.667. The van der Waals surface area contributed by atoms with Gasteiger partial charge in [0, 0.05) is 18.6 Å². The van der Waals surface area contributed by atoms with E-state index in [0.29, 0.717) is 17.4 Å². The molecule has 24 heavy (non-hydrogen) atoms. The third-order valence-corrected chi connectivity index (χ3v) is 6.97. The molecule has 2 atom stereocenters. The molecule has 5 nitrogen and oxygen atoms in total. The lowest BCUT2D eigenvalue weighted by Gasteiger charge is -2.26. The number of benzene rings is 1. The summed E-state index contributed by atoms with van der Waals surface area (Å²) in [5.74, 6) is 1.33. The number of nitrogens with one attached hydrogen (secondary N) is 1. The van der Waals surface area contributed by atoms with Crippen molar-refractivity contribution in [1.82, 2.24) is 9.62 Å². The van der Waals surface area contributed by atoms with E-state index in [1.165, 1.54) is 0 Å². The smallest absolute Gasteiger partial charge is 0.243 e. The van der Waals surface area contributed by atoms with Gasteiger partial charge in [-0.15, -0.1) is 0 Å². The van der Waals surface area contributed by atoms with Crippen LogP contribution in [0.25, 0.3) is 0 Å². The fourth-order valence-electron chi connectivity index (χ4n) is 3.57. The van der Waals surface area contributed by atoms with Crippen LogP contribution in [0.4, 0.5) is 0 Å². The highest BCUT2D eigenvalue weighted by atomic mass is 32.2. The SMILES string of the molecule is CC(C)CCOc1ccc(S(=O)(=O)N2C3CCNCC2CC3)cc1. The van der Waals surface area contributed by atoms with E-state index in [1.807, 2.05) is 0 Å². The summed E-state index contributed by atoms with van der Waals surface area (Å²) in [6, 6.07) is 7.12. The van der Waals surface area contributed by atoms with E-state index in [9.17, 15) is 8.42 Å². The molecule has 134 valence electrons. The molecule has 2 aliphatic rings. The van der Waals surface area contributed by atoms with Crippen molar-refractivity contribution >= 4 is 10.0 Å². The van der Waals surface area contributed by atoms with Crippen LogP contribution in [0.5, 0.6) is 5.75 Å². The van der Waals surface area contributed by atoms with E-state index in [1.54, 1.807) is 28.6 Å². The van der Waals surface area contributed by atoms with Crippen molar-refractivity contribution in [1.29, 1.82) is 0 Å². The molecule has 0 aliphatic carbocycles. The summed E-state index contributed by atoms with van der Waals surface area (Å²) in [6.45, 7) is 6.63. The topological polar surface area (TPSA) is 58.6 Å². The minimum atomic E-state index is -3.43. The van der Waals surface area contributed by atoms with Gasteiger partial charge >= 0.3 is 0 Å². The number of sulfonamides is 1. The van der Waals surface area contributed by atoms with Crippen LogP contribution in [0.1, 0.15) is 39.5 Å². The molecule has 2 saturated heterocycles. The first-order valence-corrected chi connectivity index (χ1v) is 10.4. The normalized spacial score (nSPS) is 25.0. The van der Waals surface area contributed by atoms with E-state index >= 15 is 0 Å². The maximum Gasteiger partial charge on any atom is 0.243 e. The van der Waals surface area contributed by atoms with Gasteiger partial charge in [0.2, 0.25) is 10.0 Å². The molecule has 2 unspecified atom stereocenters. The highest BCUT2D eigenvalue weighted by Gasteiger charge is 2.42. The van der Waals surface area contributed by atoms with E-state index in [0.717, 1.165) is 44.5 Å². The van der Waals surface area contributed by atoms with Gasteiger partial charge in [0.05, 0.1) is 11.5 Å². The zero-order valence-corrected chi connectivity index (χ0v) is 15.4. The van der Waals surface area contributed by atoms with Gasteiger partial charge < -0.3 is 10.1 Å². The predicted octanol–water partition coefficient (Wildman–Crippen LogP) is 2.63. The minimum Gasteiger partial charge on any atom is -0.494 e. The zero-order valence-electron chi connectivity index (χ0n) is 14.6. The number of rotatable bonds is 6. The molecule has 0 radical (unpaired) electrons. The first kappa shape index (κ1) is 17.7. The molecule has 1 N–H and O–H groups in total. The average Bonchev–Trinajstić information content (AvgIpc) is 2.81. The molecule has 1 aromatic rings. The van der Waals surface area contributed by atoms with Crippen LogP contribution < -0.4 is 10.1 Å². The average molecular weight is 353 g/mol. The molecule has 0 aromatic heterocycles. The maximum absolute atomic E-state index is 13.1. The van der Waals surface area contributed by atoms with Crippen molar-refractivity contribution in [2.45, 2.75) is 56.5 Å². The second kappa shape index (κ2) is 7.42. The van der Waals surface area contributed by atoms with Crippen molar-refractivity contribution in [3.63, 3.8) is 0 Å². The lowest BCUT2D eigenvalue weighted by molar-refractivity contribution is 0.289. The summed E-state index contributed by atoms with van der Waals surface area (Å²) in [6.07, 6.45) is 3.81.